The van der Waals surface area contributed by atoms with Crippen LogP contribution in [0, 0.1) is 0 Å². The Hall–Kier alpha value is -3.46. The molecular formula is C23H25N3O5S. The third-order valence-corrected chi connectivity index (χ3v) is 6.53. The van der Waals surface area contributed by atoms with E-state index in [-0.39, 0.29) is 18.5 Å². The number of aryl methyl sites for hydroxylation is 1. The molecule has 2 N–H and O–H groups in total. The summed E-state index contributed by atoms with van der Waals surface area (Å²) in [5.74, 6) is -0.191. The van der Waals surface area contributed by atoms with E-state index in [1.165, 1.54) is 10.6 Å². The highest BCUT2D eigenvalue weighted by atomic mass is 32.2. The minimum Gasteiger partial charge on any atom is -0.493 e. The monoisotopic (exact) mass is 455 g/mol. The first kappa shape index (κ1) is 23.2. The Morgan fingerprint density at radius 3 is 2.50 bits per heavy atom. The zero-order valence-electron chi connectivity index (χ0n) is 17.7. The quantitative estimate of drug-likeness (QED) is 0.498. The number of pyridine rings is 2. The van der Waals surface area contributed by atoms with Crippen LogP contribution in [0.15, 0.2) is 71.9 Å². The van der Waals surface area contributed by atoms with Gasteiger partial charge in [0.15, 0.2) is 9.84 Å². The lowest BCUT2D eigenvalue weighted by Crippen LogP contribution is -2.36. The summed E-state index contributed by atoms with van der Waals surface area (Å²) < 4.78 is 30.5. The molecule has 2 heterocycles. The fraction of sp³-hybridized carbons (Fsp3) is 0.261. The van der Waals surface area contributed by atoms with E-state index in [9.17, 15) is 18.0 Å². The van der Waals surface area contributed by atoms with Crippen molar-refractivity contribution in [2.45, 2.75) is 24.6 Å². The summed E-state index contributed by atoms with van der Waals surface area (Å²) in [5.41, 5.74) is 7.56. The van der Waals surface area contributed by atoms with Crippen LogP contribution in [-0.4, -0.2) is 42.0 Å². The average Bonchev–Trinajstić information content (AvgIpc) is 2.75. The van der Waals surface area contributed by atoms with Gasteiger partial charge < -0.3 is 15.0 Å². The van der Waals surface area contributed by atoms with Crippen LogP contribution in [0.3, 0.4) is 0 Å². The van der Waals surface area contributed by atoms with Gasteiger partial charge in [0.2, 0.25) is 5.91 Å². The van der Waals surface area contributed by atoms with Crippen molar-refractivity contribution in [3.63, 3.8) is 0 Å². The predicted octanol–water partition coefficient (Wildman–Crippen LogP) is 1.82. The van der Waals surface area contributed by atoms with Gasteiger partial charge in [-0.25, -0.2) is 8.42 Å². The molecule has 0 fully saturated rings. The molecule has 8 nitrogen and oxygen atoms in total. The van der Waals surface area contributed by atoms with Crippen molar-refractivity contribution in [2.24, 2.45) is 5.73 Å². The number of carbonyl (C=O) groups is 1. The van der Waals surface area contributed by atoms with Crippen LogP contribution in [-0.2, 0) is 27.6 Å². The van der Waals surface area contributed by atoms with Crippen LogP contribution in [0.5, 0.6) is 5.75 Å². The van der Waals surface area contributed by atoms with E-state index < -0.39 is 21.0 Å². The lowest BCUT2D eigenvalue weighted by atomic mass is 10.1. The summed E-state index contributed by atoms with van der Waals surface area (Å²) in [6.45, 7) is 0.602. The molecule has 0 bridgehead atoms. The summed E-state index contributed by atoms with van der Waals surface area (Å²) in [5, 5.41) is -1.32. The Morgan fingerprint density at radius 1 is 1.16 bits per heavy atom. The van der Waals surface area contributed by atoms with E-state index in [0.29, 0.717) is 6.61 Å². The van der Waals surface area contributed by atoms with E-state index in [0.717, 1.165) is 35.1 Å². The molecule has 0 aliphatic carbocycles. The molecule has 0 saturated carbocycles. The van der Waals surface area contributed by atoms with Crippen LogP contribution in [0.2, 0.25) is 0 Å². The molecule has 3 rings (SSSR count). The number of hydrogen-bond acceptors (Lipinski definition) is 6. The minimum atomic E-state index is -3.63. The Morgan fingerprint density at radius 2 is 1.91 bits per heavy atom. The number of ether oxygens (including phenoxy) is 1. The van der Waals surface area contributed by atoms with Gasteiger partial charge in [0.05, 0.1) is 6.61 Å². The van der Waals surface area contributed by atoms with E-state index in [4.69, 9.17) is 10.5 Å². The topological polar surface area (TPSA) is 121 Å². The average molecular weight is 456 g/mol. The SMILES string of the molecule is CS(=O)(=O)C(CCn1ccc(-c2ccc(OCCc3cccnc3)cc2)cc1=O)C(N)=O. The molecule has 9 heteroatoms. The van der Waals surface area contributed by atoms with Gasteiger partial charge in [-0.3, -0.25) is 14.6 Å². The number of aromatic nitrogens is 2. The van der Waals surface area contributed by atoms with Gasteiger partial charge in [-0.2, -0.15) is 0 Å². The van der Waals surface area contributed by atoms with Gasteiger partial charge in [0.25, 0.3) is 5.56 Å². The molecule has 0 spiro atoms. The first-order valence-corrected chi connectivity index (χ1v) is 12.0. The first-order valence-electron chi connectivity index (χ1n) is 10.0. The van der Waals surface area contributed by atoms with Gasteiger partial charge in [-0.15, -0.1) is 0 Å². The molecule has 0 saturated heterocycles. The fourth-order valence-corrected chi connectivity index (χ4v) is 4.23. The summed E-state index contributed by atoms with van der Waals surface area (Å²) in [6, 6.07) is 14.5. The van der Waals surface area contributed by atoms with Gasteiger partial charge in [-0.1, -0.05) is 18.2 Å². The van der Waals surface area contributed by atoms with Crippen molar-refractivity contribution in [1.82, 2.24) is 9.55 Å². The highest BCUT2D eigenvalue weighted by Crippen LogP contribution is 2.21. The summed E-state index contributed by atoms with van der Waals surface area (Å²) in [7, 11) is -3.63. The second kappa shape index (κ2) is 10.2. The van der Waals surface area contributed by atoms with Crippen LogP contribution in [0.25, 0.3) is 11.1 Å². The highest BCUT2D eigenvalue weighted by molar-refractivity contribution is 7.92. The molecular weight excluding hydrogens is 430 g/mol. The van der Waals surface area contributed by atoms with E-state index in [1.807, 2.05) is 42.6 Å². The van der Waals surface area contributed by atoms with Crippen molar-refractivity contribution in [3.8, 4) is 16.9 Å². The number of primary amides is 1. The van der Waals surface area contributed by atoms with Gasteiger partial charge >= 0.3 is 0 Å². The lowest BCUT2D eigenvalue weighted by molar-refractivity contribution is -0.117. The zero-order valence-corrected chi connectivity index (χ0v) is 18.5. The smallest absolute Gasteiger partial charge is 0.251 e. The standard InChI is InChI=1S/C23H25N3O5S/c1-32(29,30)21(23(24)28)9-13-26-12-8-19(15-22(26)27)18-4-6-20(7-5-18)31-14-10-17-3-2-11-25-16-17/h2-8,11-12,15-16,21H,9-10,13-14H2,1H3,(H2,24,28). The van der Waals surface area contributed by atoms with E-state index in [2.05, 4.69) is 4.98 Å². The number of carbonyl (C=O) groups excluding carboxylic acids is 1. The van der Waals surface area contributed by atoms with Gasteiger partial charge in [0.1, 0.15) is 11.0 Å². The molecule has 0 radical (unpaired) electrons. The molecule has 1 aromatic carbocycles. The Labute approximate surface area is 186 Å². The van der Waals surface area contributed by atoms with Gasteiger partial charge in [-0.05, 0) is 47.4 Å². The van der Waals surface area contributed by atoms with Crippen molar-refractivity contribution in [1.29, 1.82) is 0 Å². The normalized spacial score (nSPS) is 12.3. The Kier molecular flexibility index (Phi) is 7.42. The molecule has 1 unspecified atom stereocenters. The van der Waals surface area contributed by atoms with E-state index >= 15 is 0 Å². The molecule has 1 atom stereocenters. The maximum absolute atomic E-state index is 12.5. The maximum Gasteiger partial charge on any atom is 0.251 e. The maximum atomic E-state index is 12.5. The van der Waals surface area contributed by atoms with Crippen molar-refractivity contribution < 1.29 is 17.9 Å². The number of sulfone groups is 1. The van der Waals surface area contributed by atoms with Crippen molar-refractivity contribution >= 4 is 15.7 Å². The molecule has 3 aromatic rings. The van der Waals surface area contributed by atoms with Crippen LogP contribution < -0.4 is 16.0 Å². The molecule has 32 heavy (non-hydrogen) atoms. The van der Waals surface area contributed by atoms with Gasteiger partial charge in [0, 0.05) is 43.9 Å². The number of benzene rings is 1. The predicted molar refractivity (Wildman–Crippen MR) is 122 cm³/mol. The number of hydrogen-bond donors (Lipinski definition) is 1. The second-order valence-corrected chi connectivity index (χ2v) is 9.67. The Bertz CT molecular complexity index is 1220. The zero-order chi connectivity index (χ0) is 23.1. The number of amides is 1. The molecule has 1 amide bonds. The van der Waals surface area contributed by atoms with Crippen molar-refractivity contribution in [3.05, 3.63) is 83.0 Å². The fourth-order valence-electron chi connectivity index (χ4n) is 3.27. The van der Waals surface area contributed by atoms with Crippen LogP contribution >= 0.6 is 0 Å². The molecule has 0 aliphatic heterocycles. The van der Waals surface area contributed by atoms with Crippen LogP contribution in [0.4, 0.5) is 0 Å². The first-order chi connectivity index (χ1) is 15.2. The molecule has 2 aromatic heterocycles. The number of nitrogens with two attached hydrogens (primary N) is 1. The number of rotatable bonds is 10. The highest BCUT2D eigenvalue weighted by Gasteiger charge is 2.26. The van der Waals surface area contributed by atoms with Crippen LogP contribution in [0.1, 0.15) is 12.0 Å². The Balaban J connectivity index is 1.61. The molecule has 0 aliphatic rings. The molecule has 168 valence electrons. The summed E-state index contributed by atoms with van der Waals surface area (Å²) >= 11 is 0. The largest absolute Gasteiger partial charge is 0.493 e. The lowest BCUT2D eigenvalue weighted by Gasteiger charge is -2.13. The second-order valence-electron chi connectivity index (χ2n) is 7.44. The number of nitrogens with zero attached hydrogens (tertiary/aromatic N) is 2. The van der Waals surface area contributed by atoms with E-state index in [1.54, 1.807) is 18.5 Å². The van der Waals surface area contributed by atoms with Crippen molar-refractivity contribution in [2.75, 3.05) is 12.9 Å². The summed E-state index contributed by atoms with van der Waals surface area (Å²) in [4.78, 5) is 27.9. The minimum absolute atomic E-state index is 0.0570. The third kappa shape index (κ3) is 6.27. The third-order valence-electron chi connectivity index (χ3n) is 5.03. The summed E-state index contributed by atoms with van der Waals surface area (Å²) in [6.07, 6.45) is 6.78.